The third-order valence-corrected chi connectivity index (χ3v) is 5.08. The van der Waals surface area contributed by atoms with Crippen LogP contribution in [0.1, 0.15) is 16.8 Å². The van der Waals surface area contributed by atoms with E-state index in [2.05, 4.69) is 0 Å². The van der Waals surface area contributed by atoms with E-state index >= 15 is 0 Å². The average Bonchev–Trinajstić information content (AvgIpc) is 3.06. The molecule has 1 atom stereocenters. The number of amides is 3. The minimum absolute atomic E-state index is 0.0229. The molecule has 8 heteroatoms. The van der Waals surface area contributed by atoms with Gasteiger partial charge in [0.15, 0.2) is 0 Å². The molecule has 0 spiro atoms. The van der Waals surface area contributed by atoms with Crippen LogP contribution >= 0.6 is 0 Å². The Kier molecular flexibility index (Phi) is 6.05. The second-order valence-electron chi connectivity index (χ2n) is 6.86. The molecular formula is C19H24FN3O4. The number of hydrogen-bond acceptors (Lipinski definition) is 4. The lowest BCUT2D eigenvalue weighted by atomic mass is 10.1. The van der Waals surface area contributed by atoms with Crippen molar-refractivity contribution in [3.8, 4) is 0 Å². The summed E-state index contributed by atoms with van der Waals surface area (Å²) >= 11 is 0. The highest BCUT2D eigenvalue weighted by Gasteiger charge is 2.37. The summed E-state index contributed by atoms with van der Waals surface area (Å²) in [5.41, 5.74) is 0.310. The molecule has 146 valence electrons. The molecule has 1 unspecified atom stereocenters. The summed E-state index contributed by atoms with van der Waals surface area (Å²) in [7, 11) is 1.58. The molecule has 0 N–H and O–H groups in total. The van der Waals surface area contributed by atoms with Gasteiger partial charge in [0.05, 0.1) is 12.5 Å². The molecule has 0 radical (unpaired) electrons. The lowest BCUT2D eigenvalue weighted by Crippen LogP contribution is -2.52. The number of nitrogens with zero attached hydrogens (tertiary/aromatic N) is 3. The maximum Gasteiger partial charge on any atom is 0.254 e. The maximum absolute atomic E-state index is 13.3. The number of carbonyl (C=O) groups excluding carboxylic acids is 3. The van der Waals surface area contributed by atoms with E-state index in [1.807, 2.05) is 0 Å². The van der Waals surface area contributed by atoms with Crippen LogP contribution in [0.25, 0.3) is 0 Å². The van der Waals surface area contributed by atoms with Gasteiger partial charge in [-0.05, 0) is 18.2 Å². The van der Waals surface area contributed by atoms with E-state index in [0.717, 1.165) is 0 Å². The topological polar surface area (TPSA) is 70.2 Å². The first kappa shape index (κ1) is 19.3. The van der Waals surface area contributed by atoms with Crippen LogP contribution in [0.5, 0.6) is 0 Å². The normalized spacial score (nSPS) is 20.3. The molecule has 3 amide bonds. The fraction of sp³-hybridized carbons (Fsp3) is 0.526. The third-order valence-electron chi connectivity index (χ3n) is 5.08. The molecule has 0 saturated carbocycles. The quantitative estimate of drug-likeness (QED) is 0.754. The van der Waals surface area contributed by atoms with Crippen molar-refractivity contribution in [1.82, 2.24) is 14.7 Å². The smallest absolute Gasteiger partial charge is 0.254 e. The summed E-state index contributed by atoms with van der Waals surface area (Å²) in [6.07, 6.45) is 0.227. The molecule has 2 fully saturated rings. The largest absolute Gasteiger partial charge is 0.383 e. The van der Waals surface area contributed by atoms with Crippen LogP contribution in [0.15, 0.2) is 24.3 Å². The third kappa shape index (κ3) is 4.44. The van der Waals surface area contributed by atoms with E-state index in [9.17, 15) is 18.8 Å². The Hall–Kier alpha value is -2.48. The Morgan fingerprint density at radius 1 is 1.19 bits per heavy atom. The predicted molar refractivity (Wildman–Crippen MR) is 95.4 cm³/mol. The lowest BCUT2D eigenvalue weighted by molar-refractivity contribution is -0.137. The van der Waals surface area contributed by atoms with Crippen molar-refractivity contribution in [2.24, 2.45) is 5.92 Å². The first-order valence-corrected chi connectivity index (χ1v) is 9.10. The van der Waals surface area contributed by atoms with E-state index in [1.165, 1.54) is 18.2 Å². The lowest BCUT2D eigenvalue weighted by Gasteiger charge is -2.36. The van der Waals surface area contributed by atoms with E-state index in [0.29, 0.717) is 51.4 Å². The van der Waals surface area contributed by atoms with Crippen LogP contribution in [-0.4, -0.2) is 85.4 Å². The minimum atomic E-state index is -0.446. The Bertz CT molecular complexity index is 719. The fourth-order valence-electron chi connectivity index (χ4n) is 3.55. The second-order valence-corrected chi connectivity index (χ2v) is 6.86. The van der Waals surface area contributed by atoms with Gasteiger partial charge in [-0.1, -0.05) is 6.07 Å². The van der Waals surface area contributed by atoms with Crippen molar-refractivity contribution in [1.29, 1.82) is 0 Å². The number of rotatable bonds is 5. The first-order valence-electron chi connectivity index (χ1n) is 9.10. The van der Waals surface area contributed by atoms with Crippen molar-refractivity contribution in [3.05, 3.63) is 35.6 Å². The number of benzene rings is 1. The summed E-state index contributed by atoms with van der Waals surface area (Å²) in [6, 6.07) is 5.61. The van der Waals surface area contributed by atoms with Crippen LogP contribution < -0.4 is 0 Å². The van der Waals surface area contributed by atoms with Gasteiger partial charge < -0.3 is 19.4 Å². The number of ether oxygens (including phenoxy) is 1. The Morgan fingerprint density at radius 3 is 2.56 bits per heavy atom. The molecule has 1 aromatic rings. The van der Waals surface area contributed by atoms with Gasteiger partial charge in [-0.3, -0.25) is 14.4 Å². The summed E-state index contributed by atoms with van der Waals surface area (Å²) < 4.78 is 18.3. The number of likely N-dealkylation sites (tertiary alicyclic amines) is 1. The summed E-state index contributed by atoms with van der Waals surface area (Å²) in [6.45, 7) is 3.00. The van der Waals surface area contributed by atoms with Crippen LogP contribution in [0.2, 0.25) is 0 Å². The van der Waals surface area contributed by atoms with Crippen LogP contribution in [-0.2, 0) is 14.3 Å². The summed E-state index contributed by atoms with van der Waals surface area (Å²) in [4.78, 5) is 42.2. The number of hydrogen-bond donors (Lipinski definition) is 0. The second kappa shape index (κ2) is 8.47. The zero-order valence-electron chi connectivity index (χ0n) is 15.4. The molecule has 3 rings (SSSR count). The van der Waals surface area contributed by atoms with Crippen LogP contribution in [0.3, 0.4) is 0 Å². The van der Waals surface area contributed by atoms with E-state index < -0.39 is 5.82 Å². The van der Waals surface area contributed by atoms with Gasteiger partial charge in [0, 0.05) is 58.4 Å². The predicted octanol–water partition coefficient (Wildman–Crippen LogP) is 0.605. The van der Waals surface area contributed by atoms with Gasteiger partial charge >= 0.3 is 0 Å². The number of piperazine rings is 1. The monoisotopic (exact) mass is 377 g/mol. The van der Waals surface area contributed by atoms with Gasteiger partial charge in [-0.25, -0.2) is 4.39 Å². The van der Waals surface area contributed by atoms with E-state index in [-0.39, 0.29) is 30.1 Å². The molecule has 2 saturated heterocycles. The van der Waals surface area contributed by atoms with Crippen molar-refractivity contribution in [2.75, 3.05) is 53.0 Å². The van der Waals surface area contributed by atoms with Gasteiger partial charge in [0.2, 0.25) is 11.8 Å². The molecule has 2 heterocycles. The molecule has 2 aliphatic heterocycles. The summed E-state index contributed by atoms with van der Waals surface area (Å²) in [5.74, 6) is -1.08. The molecule has 0 aliphatic carbocycles. The van der Waals surface area contributed by atoms with Gasteiger partial charge in [0.1, 0.15) is 5.82 Å². The molecular weight excluding hydrogens is 353 g/mol. The zero-order valence-corrected chi connectivity index (χ0v) is 15.4. The SMILES string of the molecule is COCCN1CC(C(=O)N2CCN(C(=O)c3cccc(F)c3)CC2)CC1=O. The number of halogens is 1. The molecule has 7 nitrogen and oxygen atoms in total. The van der Waals surface area contributed by atoms with Crippen LogP contribution in [0.4, 0.5) is 4.39 Å². The van der Waals surface area contributed by atoms with E-state index in [1.54, 1.807) is 27.9 Å². The number of methoxy groups -OCH3 is 1. The van der Waals surface area contributed by atoms with E-state index in [4.69, 9.17) is 4.74 Å². The highest BCUT2D eigenvalue weighted by atomic mass is 19.1. The van der Waals surface area contributed by atoms with Crippen molar-refractivity contribution >= 4 is 17.7 Å². The fourth-order valence-corrected chi connectivity index (χ4v) is 3.55. The summed E-state index contributed by atoms with van der Waals surface area (Å²) in [5, 5.41) is 0. The Balaban J connectivity index is 1.52. The van der Waals surface area contributed by atoms with Crippen LogP contribution in [0, 0.1) is 11.7 Å². The minimum Gasteiger partial charge on any atom is -0.383 e. The van der Waals surface area contributed by atoms with Gasteiger partial charge in [-0.15, -0.1) is 0 Å². The number of carbonyl (C=O) groups is 3. The highest BCUT2D eigenvalue weighted by Crippen LogP contribution is 2.21. The molecule has 0 aromatic heterocycles. The molecule has 1 aromatic carbocycles. The van der Waals surface area contributed by atoms with Crippen molar-refractivity contribution in [3.63, 3.8) is 0 Å². The Morgan fingerprint density at radius 2 is 1.89 bits per heavy atom. The standard InChI is InChI=1S/C19H24FN3O4/c1-27-10-9-23-13-15(12-17(23)24)19(26)22-7-5-21(6-8-22)18(25)14-3-2-4-16(20)11-14/h2-4,11,15H,5-10,12-13H2,1H3. The molecule has 27 heavy (non-hydrogen) atoms. The first-order chi connectivity index (χ1) is 13.0. The van der Waals surface area contributed by atoms with Crippen molar-refractivity contribution < 1.29 is 23.5 Å². The van der Waals surface area contributed by atoms with Crippen molar-refractivity contribution in [2.45, 2.75) is 6.42 Å². The molecule has 2 aliphatic rings. The maximum atomic E-state index is 13.3. The Labute approximate surface area is 157 Å². The zero-order chi connectivity index (χ0) is 19.4. The van der Waals surface area contributed by atoms with Gasteiger partial charge in [0.25, 0.3) is 5.91 Å². The highest BCUT2D eigenvalue weighted by molar-refractivity contribution is 5.94. The molecule has 0 bridgehead atoms. The van der Waals surface area contributed by atoms with Gasteiger partial charge in [-0.2, -0.15) is 0 Å². The average molecular weight is 377 g/mol.